The fourth-order valence-electron chi connectivity index (χ4n) is 1.41. The minimum Gasteiger partial charge on any atom is -0.497 e. The van der Waals surface area contributed by atoms with E-state index < -0.39 is 5.82 Å². The number of hydrogen-bond donors (Lipinski definition) is 1. The quantitative estimate of drug-likeness (QED) is 0.832. The summed E-state index contributed by atoms with van der Waals surface area (Å²) in [6, 6.07) is 5.56. The minimum atomic E-state index is -0.450. The number of aromatic nitrogens is 2. The van der Waals surface area contributed by atoms with Crippen molar-refractivity contribution in [2.45, 2.75) is 0 Å². The molecule has 0 radical (unpaired) electrons. The van der Waals surface area contributed by atoms with Crippen molar-refractivity contribution in [2.75, 3.05) is 7.11 Å². The highest BCUT2D eigenvalue weighted by Crippen LogP contribution is 2.19. The lowest BCUT2D eigenvalue weighted by Gasteiger charge is -2.09. The van der Waals surface area contributed by atoms with Crippen LogP contribution in [0.1, 0.15) is 0 Å². The number of H-pyrrole nitrogens is 1. The standard InChI is InChI=1S/C11H9FN2O2S/c1-16-7-2-3-8(12)9(6-7)14-5-4-10(15)13-11(14)17/h2-6H,1H3,(H,13,15,17). The Balaban J connectivity index is 2.67. The molecule has 2 rings (SSSR count). The number of halogens is 1. The van der Waals surface area contributed by atoms with Crippen LogP contribution in [0.5, 0.6) is 5.75 Å². The molecule has 0 aliphatic rings. The zero-order chi connectivity index (χ0) is 12.4. The maximum atomic E-state index is 13.7. The largest absolute Gasteiger partial charge is 0.497 e. The van der Waals surface area contributed by atoms with Crippen LogP contribution in [0.2, 0.25) is 0 Å². The summed E-state index contributed by atoms with van der Waals surface area (Å²) in [6.07, 6.45) is 1.42. The first-order valence-electron chi connectivity index (χ1n) is 4.78. The number of rotatable bonds is 2. The summed E-state index contributed by atoms with van der Waals surface area (Å²) < 4.78 is 20.2. The molecule has 4 nitrogen and oxygen atoms in total. The Hall–Kier alpha value is -1.95. The molecule has 0 bridgehead atoms. The predicted octanol–water partition coefficient (Wildman–Crippen LogP) is 2.04. The number of nitrogens with zero attached hydrogens (tertiary/aromatic N) is 1. The van der Waals surface area contributed by atoms with Crippen molar-refractivity contribution < 1.29 is 9.13 Å². The maximum absolute atomic E-state index is 13.7. The zero-order valence-electron chi connectivity index (χ0n) is 8.94. The molecule has 6 heteroatoms. The number of nitrogens with one attached hydrogen (secondary N) is 1. The highest BCUT2D eigenvalue weighted by Gasteiger charge is 2.06. The van der Waals surface area contributed by atoms with Crippen molar-refractivity contribution in [1.29, 1.82) is 0 Å². The van der Waals surface area contributed by atoms with Gasteiger partial charge in [0.1, 0.15) is 11.6 Å². The Labute approximate surface area is 101 Å². The number of methoxy groups -OCH3 is 1. The van der Waals surface area contributed by atoms with Gasteiger partial charge in [0.2, 0.25) is 0 Å². The van der Waals surface area contributed by atoms with Crippen LogP contribution in [0, 0.1) is 10.6 Å². The minimum absolute atomic E-state index is 0.129. The van der Waals surface area contributed by atoms with E-state index in [1.807, 2.05) is 0 Å². The van der Waals surface area contributed by atoms with Gasteiger partial charge in [-0.05, 0) is 24.4 Å². The number of hydrogen-bond acceptors (Lipinski definition) is 3. The van der Waals surface area contributed by atoms with E-state index in [0.717, 1.165) is 0 Å². The van der Waals surface area contributed by atoms with Gasteiger partial charge < -0.3 is 4.74 Å². The molecule has 17 heavy (non-hydrogen) atoms. The van der Waals surface area contributed by atoms with E-state index in [1.54, 1.807) is 0 Å². The molecule has 0 fully saturated rings. The summed E-state index contributed by atoms with van der Waals surface area (Å²) in [7, 11) is 1.49. The fourth-order valence-corrected chi connectivity index (χ4v) is 1.67. The first-order chi connectivity index (χ1) is 8.11. The summed E-state index contributed by atoms with van der Waals surface area (Å²) >= 11 is 4.96. The van der Waals surface area contributed by atoms with Gasteiger partial charge in [-0.1, -0.05) is 0 Å². The molecule has 88 valence electrons. The third kappa shape index (κ3) is 2.26. The topological polar surface area (TPSA) is 47.0 Å². The Bertz CT molecular complexity index is 663. The number of aromatic amines is 1. The third-order valence-corrected chi connectivity index (χ3v) is 2.54. The van der Waals surface area contributed by atoms with Gasteiger partial charge in [-0.15, -0.1) is 0 Å². The average Bonchev–Trinajstić information content (AvgIpc) is 2.30. The molecule has 0 aliphatic carbocycles. The van der Waals surface area contributed by atoms with E-state index in [9.17, 15) is 9.18 Å². The smallest absolute Gasteiger partial charge is 0.251 e. The summed E-state index contributed by atoms with van der Waals surface area (Å²) in [5.41, 5.74) is -0.0971. The van der Waals surface area contributed by atoms with Crippen molar-refractivity contribution in [3.05, 3.63) is 51.4 Å². The van der Waals surface area contributed by atoms with Crippen LogP contribution in [0.25, 0.3) is 5.69 Å². The SMILES string of the molecule is COc1ccc(F)c(-n2ccc(=O)[nH]c2=S)c1. The summed E-state index contributed by atoms with van der Waals surface area (Å²) in [5, 5.41) is 0. The molecular weight excluding hydrogens is 243 g/mol. The van der Waals surface area contributed by atoms with Gasteiger partial charge in [0, 0.05) is 18.3 Å². The van der Waals surface area contributed by atoms with Gasteiger partial charge in [0.05, 0.1) is 12.8 Å². The van der Waals surface area contributed by atoms with E-state index >= 15 is 0 Å². The molecule has 0 amide bonds. The summed E-state index contributed by atoms with van der Waals surface area (Å²) in [4.78, 5) is 13.4. The number of benzene rings is 1. The predicted molar refractivity (Wildman–Crippen MR) is 63.7 cm³/mol. The molecular formula is C11H9FN2O2S. The molecule has 0 saturated carbocycles. The molecule has 1 N–H and O–H groups in total. The van der Waals surface area contributed by atoms with E-state index in [4.69, 9.17) is 17.0 Å². The van der Waals surface area contributed by atoms with Crippen LogP contribution in [0.3, 0.4) is 0 Å². The van der Waals surface area contributed by atoms with Crippen LogP contribution in [0.4, 0.5) is 4.39 Å². The molecule has 0 saturated heterocycles. The van der Waals surface area contributed by atoms with Crippen molar-refractivity contribution in [3.63, 3.8) is 0 Å². The van der Waals surface area contributed by atoms with Gasteiger partial charge in [-0.25, -0.2) is 4.39 Å². The van der Waals surface area contributed by atoms with Gasteiger partial charge >= 0.3 is 0 Å². The van der Waals surface area contributed by atoms with E-state index in [1.165, 1.54) is 42.1 Å². The second-order valence-electron chi connectivity index (χ2n) is 3.30. The van der Waals surface area contributed by atoms with Crippen LogP contribution in [-0.2, 0) is 0 Å². The van der Waals surface area contributed by atoms with Crippen molar-refractivity contribution in [2.24, 2.45) is 0 Å². The monoisotopic (exact) mass is 252 g/mol. The number of ether oxygens (including phenoxy) is 1. The first kappa shape index (κ1) is 11.5. The Kier molecular flexibility index (Phi) is 3.06. The van der Waals surface area contributed by atoms with Gasteiger partial charge in [-0.3, -0.25) is 14.3 Å². The van der Waals surface area contributed by atoms with Crippen LogP contribution in [0.15, 0.2) is 35.3 Å². The average molecular weight is 252 g/mol. The molecule has 0 spiro atoms. The summed E-state index contributed by atoms with van der Waals surface area (Å²) in [5.74, 6) is 0.0587. The molecule has 0 unspecified atom stereocenters. The lowest BCUT2D eigenvalue weighted by molar-refractivity contribution is 0.413. The van der Waals surface area contributed by atoms with E-state index in [-0.39, 0.29) is 16.0 Å². The third-order valence-electron chi connectivity index (χ3n) is 2.24. The van der Waals surface area contributed by atoms with Gasteiger partial charge in [0.15, 0.2) is 4.77 Å². The highest BCUT2D eigenvalue weighted by molar-refractivity contribution is 7.71. The molecule has 0 aliphatic heterocycles. The highest BCUT2D eigenvalue weighted by atomic mass is 32.1. The molecule has 1 aromatic heterocycles. The summed E-state index contributed by atoms with van der Waals surface area (Å²) in [6.45, 7) is 0. The maximum Gasteiger partial charge on any atom is 0.251 e. The second kappa shape index (κ2) is 4.50. The molecule has 2 aromatic rings. The first-order valence-corrected chi connectivity index (χ1v) is 5.18. The van der Waals surface area contributed by atoms with Gasteiger partial charge in [0.25, 0.3) is 5.56 Å². The van der Waals surface area contributed by atoms with Gasteiger partial charge in [-0.2, -0.15) is 0 Å². The lowest BCUT2D eigenvalue weighted by Crippen LogP contribution is -2.10. The molecule has 1 aromatic carbocycles. The Morgan fingerprint density at radius 2 is 2.18 bits per heavy atom. The van der Waals surface area contributed by atoms with Crippen LogP contribution in [-0.4, -0.2) is 16.7 Å². The van der Waals surface area contributed by atoms with E-state index in [2.05, 4.69) is 4.98 Å². The molecule has 0 atom stereocenters. The van der Waals surface area contributed by atoms with Crippen molar-refractivity contribution >= 4 is 12.2 Å². The Morgan fingerprint density at radius 3 is 2.82 bits per heavy atom. The molecule has 1 heterocycles. The van der Waals surface area contributed by atoms with Crippen LogP contribution >= 0.6 is 12.2 Å². The Morgan fingerprint density at radius 1 is 1.41 bits per heavy atom. The fraction of sp³-hybridized carbons (Fsp3) is 0.0909. The van der Waals surface area contributed by atoms with Crippen molar-refractivity contribution in [1.82, 2.24) is 9.55 Å². The van der Waals surface area contributed by atoms with E-state index in [0.29, 0.717) is 5.75 Å². The second-order valence-corrected chi connectivity index (χ2v) is 3.68. The van der Waals surface area contributed by atoms with Crippen molar-refractivity contribution in [3.8, 4) is 11.4 Å². The van der Waals surface area contributed by atoms with Crippen LogP contribution < -0.4 is 10.3 Å². The lowest BCUT2D eigenvalue weighted by atomic mass is 10.3. The normalized spacial score (nSPS) is 10.2. The zero-order valence-corrected chi connectivity index (χ0v) is 9.75.